The lowest BCUT2D eigenvalue weighted by atomic mass is 9.26. The van der Waals surface area contributed by atoms with E-state index in [9.17, 15) is 0 Å². The lowest BCUT2D eigenvalue weighted by molar-refractivity contribution is 0.997. The van der Waals surface area contributed by atoms with E-state index in [1.54, 1.807) is 76.5 Å². The molecule has 0 bridgehead atoms. The lowest BCUT2D eigenvalue weighted by Crippen LogP contribution is -2.73. The minimum absolute atomic E-state index is 0.163. The van der Waals surface area contributed by atoms with Crippen LogP contribution in [-0.4, -0.2) is 78.9 Å². The van der Waals surface area contributed by atoms with Gasteiger partial charge in [0.2, 0.25) is 26.9 Å². The second-order valence-corrected chi connectivity index (χ2v) is 23.2. The zero-order valence-electron chi connectivity index (χ0n) is 39.2. The van der Waals surface area contributed by atoms with Gasteiger partial charge in [-0.2, -0.15) is 0 Å². The molecule has 10 aromatic rings. The van der Waals surface area contributed by atoms with Crippen LogP contribution in [0.2, 0.25) is 0 Å². The molecule has 324 valence electrons. The summed E-state index contributed by atoms with van der Waals surface area (Å²) in [7, 11) is 0. The Morgan fingerprint density at radius 3 is 1.00 bits per heavy atom. The Balaban J connectivity index is 0.998. The van der Waals surface area contributed by atoms with Crippen molar-refractivity contribution in [2.24, 2.45) is 0 Å². The van der Waals surface area contributed by atoms with Crippen LogP contribution in [0.5, 0.6) is 0 Å². The smallest absolute Gasteiger partial charge is 0.252 e. The number of benzene rings is 10. The van der Waals surface area contributed by atoms with Crippen molar-refractivity contribution in [2.75, 3.05) is 68.1 Å². The first-order valence-corrected chi connectivity index (χ1v) is 26.7. The zero-order valence-corrected chi connectivity index (χ0v) is 39.2. The average Bonchev–Trinajstić information content (AvgIpc) is 3.46. The van der Waals surface area contributed by atoms with Gasteiger partial charge in [-0.3, -0.25) is 0 Å². The third-order valence-electron chi connectivity index (χ3n) is 20.7. The summed E-state index contributed by atoms with van der Waals surface area (Å²) in [4.78, 5) is 17.1. The van der Waals surface area contributed by atoms with Crippen LogP contribution in [0.15, 0.2) is 146 Å². The van der Waals surface area contributed by atoms with Gasteiger partial charge in [-0.25, -0.2) is 0 Å². The molecule has 10 aromatic carbocycles. The van der Waals surface area contributed by atoms with Crippen LogP contribution in [-0.2, 0) is 0 Å². The number of hydrogen-bond acceptors (Lipinski definition) is 6. The number of para-hydroxylation sites is 6. The summed E-state index contributed by atoms with van der Waals surface area (Å²) in [5, 5.41) is 9.53. The monoisotopic (exact) mass is 906 g/mol. The van der Waals surface area contributed by atoms with E-state index in [-0.39, 0.29) is 26.9 Å². The topological polar surface area (TPSA) is 19.4 Å². The Labute approximate surface area is 417 Å². The minimum Gasteiger partial charge on any atom is -0.384 e. The van der Waals surface area contributed by atoms with Gasteiger partial charge in [0.05, 0.1) is 11.4 Å². The molecule has 72 heavy (non-hydrogen) atoms. The Morgan fingerprint density at radius 1 is 0.264 bits per heavy atom. The van der Waals surface area contributed by atoms with Crippen LogP contribution in [0.4, 0.5) is 68.2 Å². The first-order valence-electron chi connectivity index (χ1n) is 26.7. The SMILES string of the molecule is c1ccc2c(c1)B1c3ccccc3N3c4ccccc4B4CN5CB6CN7c8ccccc8B8c9ccccc9N9c%10ccccc%10B%10CN%11CB%12CN2c2c1c3c4c1c5c3c6c4c7c8c9c%10c4c%11c3c%12c21. The number of anilines is 12. The van der Waals surface area contributed by atoms with Crippen molar-refractivity contribution in [3.8, 4) is 0 Å². The average molecular weight is 906 g/mol. The van der Waals surface area contributed by atoms with E-state index in [2.05, 4.69) is 175 Å². The van der Waals surface area contributed by atoms with Gasteiger partial charge in [0.15, 0.2) is 0 Å². The van der Waals surface area contributed by atoms with Gasteiger partial charge in [-0.05, 0) is 91.0 Å². The maximum Gasteiger partial charge on any atom is 0.252 e. The molecule has 22 rings (SSSR count). The highest BCUT2D eigenvalue weighted by molar-refractivity contribution is 7.05. The number of hydrogen-bond donors (Lipinski definition) is 0. The van der Waals surface area contributed by atoms with E-state index < -0.39 is 0 Å². The van der Waals surface area contributed by atoms with Crippen molar-refractivity contribution in [3.05, 3.63) is 146 Å². The molecule has 12 heterocycles. The van der Waals surface area contributed by atoms with Gasteiger partial charge >= 0.3 is 0 Å². The first-order chi connectivity index (χ1) is 35.8. The van der Waals surface area contributed by atoms with Crippen molar-refractivity contribution >= 4 is 206 Å². The van der Waals surface area contributed by atoms with Crippen LogP contribution in [0, 0.1) is 0 Å². The third-order valence-corrected chi connectivity index (χ3v) is 20.7. The van der Waals surface area contributed by atoms with Gasteiger partial charge in [0, 0.05) is 128 Å². The Bertz CT molecular complexity index is 3940. The van der Waals surface area contributed by atoms with E-state index in [1.807, 2.05) is 0 Å². The molecule has 0 N–H and O–H groups in total. The summed E-state index contributed by atoms with van der Waals surface area (Å²) < 4.78 is 0. The van der Waals surface area contributed by atoms with Crippen LogP contribution in [0.25, 0.3) is 32.3 Å². The van der Waals surface area contributed by atoms with E-state index in [1.165, 1.54) is 89.7 Å². The standard InChI is InChI=1S/C60H36B6N6/c1-9-21-39-31(13-1)63-29-67-25-61-27-70-38-20-8-4-16-34(38)66-36-18-6-12-24-42(36)72-40-22-10-2-14-32(40)64-30-68-26-62-28-69-37-19-7-3-15-33(37)65-35-17-5-11-23-41(35)71(39)59-51(63)47-45(57(69)53(59)65)49(62)44-43(55(47)67)50(61)46-48(56(44)68)52(64)60(72)54(66)58(46)70/h1-24H,25-30H2. The normalized spacial score (nSPS) is 18.2. The van der Waals surface area contributed by atoms with Crippen LogP contribution in [0.3, 0.4) is 0 Å². The molecule has 0 spiro atoms. The van der Waals surface area contributed by atoms with Crippen molar-refractivity contribution < 1.29 is 0 Å². The van der Waals surface area contributed by atoms with Crippen LogP contribution >= 0.6 is 0 Å². The highest BCUT2D eigenvalue weighted by Gasteiger charge is 2.59. The molecule has 0 aromatic heterocycles. The molecule has 0 fully saturated rings. The van der Waals surface area contributed by atoms with Crippen LogP contribution < -0.4 is 95.0 Å². The quantitative estimate of drug-likeness (QED) is 0.171. The fraction of sp³-hybridized carbons (Fsp3) is 0.100. The molecule has 0 aliphatic carbocycles. The number of fused-ring (bicyclic) bond motifs is 18. The van der Waals surface area contributed by atoms with Crippen molar-refractivity contribution in [1.29, 1.82) is 0 Å². The molecule has 0 unspecified atom stereocenters. The maximum atomic E-state index is 2.96. The molecule has 0 amide bonds. The van der Waals surface area contributed by atoms with Gasteiger partial charge in [0.1, 0.15) is 0 Å². The summed E-state index contributed by atoms with van der Waals surface area (Å²) >= 11 is 0. The molecule has 12 aliphatic heterocycles. The molecule has 0 saturated carbocycles. The number of rotatable bonds is 0. The molecular formula is C60H36B6N6. The fourth-order valence-corrected chi connectivity index (χ4v) is 18.7. The van der Waals surface area contributed by atoms with Crippen molar-refractivity contribution in [2.45, 2.75) is 0 Å². The summed E-state index contributed by atoms with van der Waals surface area (Å²) in [5.74, 6) is 0. The summed E-state index contributed by atoms with van der Waals surface area (Å²) in [6.45, 7) is 1.57. The Morgan fingerprint density at radius 2 is 0.583 bits per heavy atom. The largest absolute Gasteiger partial charge is 0.384 e. The van der Waals surface area contributed by atoms with Crippen molar-refractivity contribution in [3.63, 3.8) is 0 Å². The van der Waals surface area contributed by atoms with E-state index in [0.29, 0.717) is 13.4 Å². The van der Waals surface area contributed by atoms with Gasteiger partial charge < -0.3 is 29.4 Å². The van der Waals surface area contributed by atoms with Crippen LogP contribution in [0.1, 0.15) is 0 Å². The predicted octanol–water partition coefficient (Wildman–Crippen LogP) is 2.83. The summed E-state index contributed by atoms with van der Waals surface area (Å²) in [6.07, 6.45) is 6.04. The lowest BCUT2D eigenvalue weighted by Gasteiger charge is -2.57. The van der Waals surface area contributed by atoms with E-state index in [4.69, 9.17) is 0 Å². The predicted molar refractivity (Wildman–Crippen MR) is 310 cm³/mol. The molecular weight excluding hydrogens is 870 g/mol. The minimum atomic E-state index is 0.163. The Kier molecular flexibility index (Phi) is 5.45. The maximum absolute atomic E-state index is 2.96. The summed E-state index contributed by atoms with van der Waals surface area (Å²) in [6, 6.07) is 57.0. The zero-order chi connectivity index (χ0) is 45.5. The number of nitrogens with zero attached hydrogens (tertiary/aromatic N) is 6. The van der Waals surface area contributed by atoms with Gasteiger partial charge in [-0.1, -0.05) is 120 Å². The molecule has 0 atom stereocenters. The molecule has 0 radical (unpaired) electrons. The highest BCUT2D eigenvalue weighted by atomic mass is 15.2. The third kappa shape index (κ3) is 3.38. The van der Waals surface area contributed by atoms with E-state index >= 15 is 0 Å². The van der Waals surface area contributed by atoms with Crippen molar-refractivity contribution in [1.82, 2.24) is 0 Å². The van der Waals surface area contributed by atoms with Gasteiger partial charge in [0.25, 0.3) is 13.4 Å². The van der Waals surface area contributed by atoms with E-state index in [0.717, 1.165) is 38.7 Å². The second kappa shape index (κ2) is 11.1. The Hall–Kier alpha value is -7.83. The fourth-order valence-electron chi connectivity index (χ4n) is 18.7. The molecule has 12 heteroatoms. The molecule has 0 saturated heterocycles. The highest BCUT2D eigenvalue weighted by Crippen LogP contribution is 2.57. The summed E-state index contributed by atoms with van der Waals surface area (Å²) in [5.41, 5.74) is 35.7. The second-order valence-electron chi connectivity index (χ2n) is 23.2. The van der Waals surface area contributed by atoms with Gasteiger partial charge in [-0.15, -0.1) is 0 Å². The first kappa shape index (κ1) is 35.3. The molecule has 6 nitrogen and oxygen atoms in total. The molecule has 12 aliphatic rings.